The van der Waals surface area contributed by atoms with Crippen LogP contribution < -0.4 is 11.1 Å². The number of nitrogens with one attached hydrogen (secondary N) is 1. The van der Waals surface area contributed by atoms with E-state index in [1.54, 1.807) is 12.1 Å². The highest BCUT2D eigenvalue weighted by molar-refractivity contribution is 7.80. The van der Waals surface area contributed by atoms with E-state index in [1.165, 1.54) is 7.11 Å². The Morgan fingerprint density at radius 1 is 1.53 bits per heavy atom. The normalized spacial score (nSPS) is 9.40. The largest absolute Gasteiger partial charge is 0.465 e. The maximum Gasteiger partial charge on any atom is 0.338 e. The third-order valence-corrected chi connectivity index (χ3v) is 2.02. The van der Waals surface area contributed by atoms with Crippen molar-refractivity contribution in [2.45, 2.75) is 6.54 Å². The van der Waals surface area contributed by atoms with Gasteiger partial charge in [0.05, 0.1) is 12.7 Å². The lowest BCUT2D eigenvalue weighted by Gasteiger charge is -2.08. The molecule has 0 radical (unpaired) electrons. The molecular weight excluding hydrogens is 212 g/mol. The van der Waals surface area contributed by atoms with Crippen molar-refractivity contribution in [3.05, 3.63) is 35.4 Å². The van der Waals surface area contributed by atoms with Crippen LogP contribution in [0.25, 0.3) is 0 Å². The highest BCUT2D eigenvalue weighted by Crippen LogP contribution is 2.09. The molecule has 0 atom stereocenters. The molecule has 1 aromatic rings. The zero-order valence-corrected chi connectivity index (χ0v) is 9.14. The molecule has 1 aromatic carbocycles. The number of carbonyl (C=O) groups is 1. The van der Waals surface area contributed by atoms with E-state index < -0.39 is 0 Å². The summed E-state index contributed by atoms with van der Waals surface area (Å²) in [5.74, 6) is -0.365. The van der Waals surface area contributed by atoms with Crippen molar-refractivity contribution >= 4 is 23.3 Å². The average Bonchev–Trinajstić information content (AvgIpc) is 2.25. The molecule has 15 heavy (non-hydrogen) atoms. The second-order valence-electron chi connectivity index (χ2n) is 2.87. The van der Waals surface area contributed by atoms with Gasteiger partial charge in [0.15, 0.2) is 5.11 Å². The fourth-order valence-corrected chi connectivity index (χ4v) is 1.24. The number of hydrogen-bond acceptors (Lipinski definition) is 3. The second kappa shape index (κ2) is 5.31. The lowest BCUT2D eigenvalue weighted by Crippen LogP contribution is -2.29. The number of rotatable bonds is 3. The first-order chi connectivity index (χ1) is 7.15. The quantitative estimate of drug-likeness (QED) is 0.587. The highest BCUT2D eigenvalue weighted by atomic mass is 32.1. The van der Waals surface area contributed by atoms with Crippen LogP contribution in [0.1, 0.15) is 15.9 Å². The van der Waals surface area contributed by atoms with Crippen LogP contribution in [0.4, 0.5) is 0 Å². The Morgan fingerprint density at radius 2 is 2.20 bits per heavy atom. The van der Waals surface area contributed by atoms with Crippen molar-refractivity contribution < 1.29 is 9.53 Å². The van der Waals surface area contributed by atoms with Gasteiger partial charge in [0.1, 0.15) is 0 Å². The molecule has 0 aliphatic heterocycles. The molecule has 0 saturated carbocycles. The average molecular weight is 224 g/mol. The van der Waals surface area contributed by atoms with Gasteiger partial charge in [-0.1, -0.05) is 18.2 Å². The molecule has 4 nitrogen and oxygen atoms in total. The molecule has 0 fully saturated rings. The van der Waals surface area contributed by atoms with Gasteiger partial charge in [-0.3, -0.25) is 0 Å². The van der Waals surface area contributed by atoms with E-state index >= 15 is 0 Å². The third-order valence-electron chi connectivity index (χ3n) is 1.88. The molecule has 80 valence electrons. The topological polar surface area (TPSA) is 64.3 Å². The first-order valence-corrected chi connectivity index (χ1v) is 4.75. The molecule has 0 bridgehead atoms. The van der Waals surface area contributed by atoms with Gasteiger partial charge in [0.2, 0.25) is 0 Å². The summed E-state index contributed by atoms with van der Waals surface area (Å²) in [6, 6.07) is 7.12. The number of thiocarbonyl (C=S) groups is 1. The monoisotopic (exact) mass is 224 g/mol. The van der Waals surface area contributed by atoms with Gasteiger partial charge in [0.25, 0.3) is 0 Å². The van der Waals surface area contributed by atoms with Gasteiger partial charge in [-0.05, 0) is 23.8 Å². The molecule has 1 rings (SSSR count). The van der Waals surface area contributed by atoms with Gasteiger partial charge in [0, 0.05) is 6.54 Å². The van der Waals surface area contributed by atoms with E-state index in [0.29, 0.717) is 12.1 Å². The Balaban J connectivity index is 2.86. The Hall–Kier alpha value is -1.62. The van der Waals surface area contributed by atoms with Gasteiger partial charge >= 0.3 is 5.97 Å². The van der Waals surface area contributed by atoms with Crippen LogP contribution in [0, 0.1) is 0 Å². The van der Waals surface area contributed by atoms with Crippen molar-refractivity contribution in [2.75, 3.05) is 7.11 Å². The predicted molar refractivity (Wildman–Crippen MR) is 61.4 cm³/mol. The van der Waals surface area contributed by atoms with Gasteiger partial charge in [-0.25, -0.2) is 4.79 Å². The number of carbonyl (C=O) groups excluding carboxylic acids is 1. The molecule has 0 aliphatic carbocycles. The Labute approximate surface area is 93.4 Å². The maximum atomic E-state index is 11.4. The minimum absolute atomic E-state index is 0.203. The molecule has 0 heterocycles. The lowest BCUT2D eigenvalue weighted by molar-refractivity contribution is 0.0599. The standard InChI is InChI=1S/C10H12N2O2S/c1-14-9(13)8-5-3-2-4-7(8)6-12-10(11)15/h2-5H,6H2,1H3,(H3,11,12,15). The summed E-state index contributed by atoms with van der Waals surface area (Å²) < 4.78 is 4.65. The van der Waals surface area contributed by atoms with Crippen LogP contribution >= 0.6 is 12.2 Å². The number of benzene rings is 1. The smallest absolute Gasteiger partial charge is 0.338 e. The summed E-state index contributed by atoms with van der Waals surface area (Å²) in [4.78, 5) is 11.4. The van der Waals surface area contributed by atoms with Crippen molar-refractivity contribution in [2.24, 2.45) is 5.73 Å². The molecule has 0 aromatic heterocycles. The van der Waals surface area contributed by atoms with Crippen LogP contribution in [-0.4, -0.2) is 18.2 Å². The fourth-order valence-electron chi connectivity index (χ4n) is 1.17. The third kappa shape index (κ3) is 3.21. The summed E-state index contributed by atoms with van der Waals surface area (Å²) >= 11 is 4.68. The van der Waals surface area contributed by atoms with E-state index in [4.69, 9.17) is 5.73 Å². The van der Waals surface area contributed by atoms with Crippen LogP contribution in [-0.2, 0) is 11.3 Å². The molecule has 3 N–H and O–H groups in total. The number of esters is 1. The maximum absolute atomic E-state index is 11.4. The Kier molecular flexibility index (Phi) is 4.05. The van der Waals surface area contributed by atoms with Crippen LogP contribution in [0.15, 0.2) is 24.3 Å². The molecule has 0 amide bonds. The van der Waals surface area contributed by atoms with Gasteiger partial charge in [-0.15, -0.1) is 0 Å². The fraction of sp³-hybridized carbons (Fsp3) is 0.200. The minimum atomic E-state index is -0.365. The number of methoxy groups -OCH3 is 1. The van der Waals surface area contributed by atoms with Gasteiger partial charge in [-0.2, -0.15) is 0 Å². The van der Waals surface area contributed by atoms with E-state index in [2.05, 4.69) is 22.3 Å². The van der Waals surface area contributed by atoms with E-state index in [-0.39, 0.29) is 11.1 Å². The first-order valence-electron chi connectivity index (χ1n) is 4.34. The Morgan fingerprint density at radius 3 is 2.80 bits per heavy atom. The summed E-state index contributed by atoms with van der Waals surface area (Å²) in [5.41, 5.74) is 6.62. The van der Waals surface area contributed by atoms with E-state index in [1.807, 2.05) is 12.1 Å². The number of hydrogen-bond donors (Lipinski definition) is 2. The highest BCUT2D eigenvalue weighted by Gasteiger charge is 2.10. The van der Waals surface area contributed by atoms with Crippen LogP contribution in [0.3, 0.4) is 0 Å². The lowest BCUT2D eigenvalue weighted by atomic mass is 10.1. The summed E-state index contributed by atoms with van der Waals surface area (Å²) in [5, 5.41) is 2.99. The minimum Gasteiger partial charge on any atom is -0.465 e. The second-order valence-corrected chi connectivity index (χ2v) is 3.31. The van der Waals surface area contributed by atoms with Gasteiger partial charge < -0.3 is 15.8 Å². The van der Waals surface area contributed by atoms with Crippen LogP contribution in [0.2, 0.25) is 0 Å². The van der Waals surface area contributed by atoms with E-state index in [9.17, 15) is 4.79 Å². The number of nitrogens with two attached hydrogens (primary N) is 1. The zero-order chi connectivity index (χ0) is 11.3. The summed E-state index contributed by atoms with van der Waals surface area (Å²) in [7, 11) is 1.35. The Bertz CT molecular complexity index is 379. The van der Waals surface area contributed by atoms with Crippen molar-refractivity contribution in [1.29, 1.82) is 0 Å². The SMILES string of the molecule is COC(=O)c1ccccc1CNC(N)=S. The predicted octanol–water partition coefficient (Wildman–Crippen LogP) is 0.806. The summed E-state index contributed by atoms with van der Waals surface area (Å²) in [6.07, 6.45) is 0. The van der Waals surface area contributed by atoms with Crippen molar-refractivity contribution in [3.8, 4) is 0 Å². The molecule has 0 aliphatic rings. The molecular formula is C10H12N2O2S. The van der Waals surface area contributed by atoms with Crippen LogP contribution in [0.5, 0.6) is 0 Å². The van der Waals surface area contributed by atoms with Crippen molar-refractivity contribution in [1.82, 2.24) is 5.32 Å². The zero-order valence-electron chi connectivity index (χ0n) is 8.32. The number of ether oxygens (including phenoxy) is 1. The molecule has 0 saturated heterocycles. The van der Waals surface area contributed by atoms with Crippen molar-refractivity contribution in [3.63, 3.8) is 0 Å². The summed E-state index contributed by atoms with van der Waals surface area (Å²) in [6.45, 7) is 0.417. The first kappa shape index (κ1) is 11.5. The molecule has 0 spiro atoms. The molecule has 0 unspecified atom stereocenters. The molecule has 5 heteroatoms. The van der Waals surface area contributed by atoms with E-state index in [0.717, 1.165) is 5.56 Å².